The Labute approximate surface area is 70.9 Å². The van der Waals surface area contributed by atoms with E-state index < -0.39 is 9.05 Å². The highest BCUT2D eigenvalue weighted by Gasteiger charge is 2.10. The van der Waals surface area contributed by atoms with Crippen LogP contribution in [0.5, 0.6) is 0 Å². The maximum absolute atomic E-state index is 10.6. The summed E-state index contributed by atoms with van der Waals surface area (Å²) in [6, 6.07) is 1.39. The first-order chi connectivity index (χ1) is 4.50. The highest BCUT2D eigenvalue weighted by molar-refractivity contribution is 9.10. The van der Waals surface area contributed by atoms with Crippen molar-refractivity contribution in [2.75, 3.05) is 0 Å². The number of H-pyrrole nitrogens is 1. The summed E-state index contributed by atoms with van der Waals surface area (Å²) >= 11 is 3.05. The number of aromatic nitrogens is 1. The minimum atomic E-state index is -3.57. The molecule has 0 aromatic carbocycles. The molecule has 0 amide bonds. The van der Waals surface area contributed by atoms with Gasteiger partial charge in [-0.2, -0.15) is 0 Å². The van der Waals surface area contributed by atoms with Crippen LogP contribution in [0.1, 0.15) is 0 Å². The Bertz CT molecular complexity index is 331. The summed E-state index contributed by atoms with van der Waals surface area (Å²) in [5.74, 6) is 0. The predicted molar refractivity (Wildman–Crippen MR) is 41.5 cm³/mol. The zero-order valence-electron chi connectivity index (χ0n) is 4.64. The number of hydrogen-bond acceptors (Lipinski definition) is 2. The molecule has 0 unspecified atom stereocenters. The van der Waals surface area contributed by atoms with Crippen molar-refractivity contribution in [3.05, 3.63) is 16.9 Å². The van der Waals surface area contributed by atoms with Gasteiger partial charge in [0, 0.05) is 16.9 Å². The molecule has 0 spiro atoms. The summed E-state index contributed by atoms with van der Waals surface area (Å²) in [4.78, 5) is 2.70. The lowest BCUT2D eigenvalue weighted by Gasteiger charge is -1.83. The molecule has 10 heavy (non-hydrogen) atoms. The lowest BCUT2D eigenvalue weighted by Crippen LogP contribution is -1.85. The third-order valence-electron chi connectivity index (χ3n) is 0.903. The monoisotopic (exact) mass is 243 g/mol. The topological polar surface area (TPSA) is 49.9 Å². The van der Waals surface area contributed by atoms with E-state index in [1.807, 2.05) is 0 Å². The number of nitrogens with one attached hydrogen (secondary N) is 1. The molecule has 0 aliphatic heterocycles. The maximum atomic E-state index is 10.6. The molecule has 1 aromatic heterocycles. The first-order valence-electron chi connectivity index (χ1n) is 2.29. The van der Waals surface area contributed by atoms with Gasteiger partial charge in [-0.15, -0.1) is 0 Å². The van der Waals surface area contributed by atoms with Gasteiger partial charge in [-0.25, -0.2) is 8.42 Å². The summed E-state index contributed by atoms with van der Waals surface area (Å²) < 4.78 is 21.7. The third-order valence-corrected chi connectivity index (χ3v) is 2.69. The smallest absolute Gasteiger partial charge is 0.262 e. The van der Waals surface area contributed by atoms with Crippen molar-refractivity contribution in [1.82, 2.24) is 4.98 Å². The van der Waals surface area contributed by atoms with Gasteiger partial charge in [-0.05, 0) is 22.0 Å². The molecule has 0 aliphatic carbocycles. The second kappa shape index (κ2) is 2.56. The van der Waals surface area contributed by atoms with E-state index in [4.69, 9.17) is 10.7 Å². The third kappa shape index (κ3) is 1.74. The molecule has 56 valence electrons. The van der Waals surface area contributed by atoms with Gasteiger partial charge in [0.1, 0.15) is 4.90 Å². The first-order valence-corrected chi connectivity index (χ1v) is 5.39. The highest BCUT2D eigenvalue weighted by atomic mass is 79.9. The lowest BCUT2D eigenvalue weighted by atomic mass is 10.7. The Balaban J connectivity index is 3.21. The van der Waals surface area contributed by atoms with Crippen molar-refractivity contribution in [3.8, 4) is 0 Å². The van der Waals surface area contributed by atoms with Crippen LogP contribution >= 0.6 is 26.6 Å². The van der Waals surface area contributed by atoms with Gasteiger partial charge in [0.2, 0.25) is 0 Å². The summed E-state index contributed by atoms with van der Waals surface area (Å²) in [6.07, 6.45) is 1.31. The molecule has 0 radical (unpaired) electrons. The minimum Gasteiger partial charge on any atom is -0.355 e. The van der Waals surface area contributed by atoms with Crippen LogP contribution in [0.15, 0.2) is 21.8 Å². The van der Waals surface area contributed by atoms with Crippen LogP contribution in [-0.4, -0.2) is 13.4 Å². The van der Waals surface area contributed by atoms with Gasteiger partial charge >= 0.3 is 0 Å². The van der Waals surface area contributed by atoms with Gasteiger partial charge in [0.25, 0.3) is 9.05 Å². The number of rotatable bonds is 1. The Morgan fingerprint density at radius 1 is 1.60 bits per heavy atom. The van der Waals surface area contributed by atoms with Crippen molar-refractivity contribution in [2.24, 2.45) is 0 Å². The first kappa shape index (κ1) is 8.10. The van der Waals surface area contributed by atoms with Gasteiger partial charge in [0.05, 0.1) is 4.60 Å². The number of hydrogen-bond donors (Lipinski definition) is 1. The normalized spacial score (nSPS) is 11.8. The molecule has 0 aliphatic rings. The van der Waals surface area contributed by atoms with E-state index in [9.17, 15) is 8.42 Å². The molecule has 6 heteroatoms. The van der Waals surface area contributed by atoms with Crippen molar-refractivity contribution >= 4 is 35.7 Å². The predicted octanol–water partition coefficient (Wildman–Crippen LogP) is 1.70. The molecule has 0 saturated carbocycles. The van der Waals surface area contributed by atoms with Crippen LogP contribution in [0, 0.1) is 0 Å². The molecular weight excluding hydrogens is 241 g/mol. The van der Waals surface area contributed by atoms with Gasteiger partial charge in [0.15, 0.2) is 0 Å². The molecule has 1 heterocycles. The van der Waals surface area contributed by atoms with Crippen molar-refractivity contribution in [2.45, 2.75) is 4.90 Å². The van der Waals surface area contributed by atoms with E-state index in [0.29, 0.717) is 4.60 Å². The maximum Gasteiger partial charge on any atom is 0.262 e. The zero-order chi connectivity index (χ0) is 7.78. The van der Waals surface area contributed by atoms with Crippen molar-refractivity contribution in [1.29, 1.82) is 0 Å². The van der Waals surface area contributed by atoms with E-state index >= 15 is 0 Å². The number of halogens is 2. The van der Waals surface area contributed by atoms with Crippen molar-refractivity contribution in [3.63, 3.8) is 0 Å². The Kier molecular flexibility index (Phi) is 2.07. The van der Waals surface area contributed by atoms with E-state index in [2.05, 4.69) is 20.9 Å². The zero-order valence-corrected chi connectivity index (χ0v) is 7.79. The second-order valence-corrected chi connectivity index (χ2v) is 5.04. The minimum absolute atomic E-state index is 0.0704. The van der Waals surface area contributed by atoms with E-state index in [-0.39, 0.29) is 4.90 Å². The average molecular weight is 244 g/mol. The SMILES string of the molecule is O=S(=O)(Cl)c1c[nH]c(Br)c1. The van der Waals surface area contributed by atoms with E-state index in [1.165, 1.54) is 12.3 Å². The summed E-state index contributed by atoms with van der Waals surface area (Å²) in [5, 5.41) is 0. The van der Waals surface area contributed by atoms with Gasteiger partial charge < -0.3 is 4.98 Å². The van der Waals surface area contributed by atoms with E-state index in [1.54, 1.807) is 0 Å². The molecule has 1 N–H and O–H groups in total. The molecule has 0 atom stereocenters. The molecule has 1 rings (SSSR count). The molecule has 0 bridgehead atoms. The molecule has 1 aromatic rings. The fourth-order valence-corrected chi connectivity index (χ4v) is 1.73. The molecule has 0 fully saturated rings. The largest absolute Gasteiger partial charge is 0.355 e. The standard InChI is InChI=1S/C4H3BrClNO2S/c5-4-1-3(2-7-4)10(6,8)9/h1-2,7H. The van der Waals surface area contributed by atoms with Gasteiger partial charge in [-0.3, -0.25) is 0 Å². The van der Waals surface area contributed by atoms with Crippen LogP contribution < -0.4 is 0 Å². The average Bonchev–Trinajstić information content (AvgIpc) is 2.11. The quantitative estimate of drug-likeness (QED) is 0.765. The van der Waals surface area contributed by atoms with Crippen LogP contribution in [0.25, 0.3) is 0 Å². The van der Waals surface area contributed by atoms with Crippen LogP contribution in [0.2, 0.25) is 0 Å². The fraction of sp³-hybridized carbons (Fsp3) is 0. The molecule has 0 saturated heterocycles. The summed E-state index contributed by atoms with van der Waals surface area (Å²) in [5.41, 5.74) is 0. The van der Waals surface area contributed by atoms with Crippen LogP contribution in [0.4, 0.5) is 0 Å². The lowest BCUT2D eigenvalue weighted by molar-refractivity contribution is 0.609. The van der Waals surface area contributed by atoms with Gasteiger partial charge in [-0.1, -0.05) is 0 Å². The van der Waals surface area contributed by atoms with Crippen molar-refractivity contribution < 1.29 is 8.42 Å². The number of aromatic amines is 1. The highest BCUT2D eigenvalue weighted by Crippen LogP contribution is 2.18. The Hall–Kier alpha value is -0.000000000000000111. The van der Waals surface area contributed by atoms with E-state index in [0.717, 1.165) is 0 Å². The summed E-state index contributed by atoms with van der Waals surface area (Å²) in [6.45, 7) is 0. The van der Waals surface area contributed by atoms with Crippen LogP contribution in [-0.2, 0) is 9.05 Å². The molecular formula is C4H3BrClNO2S. The molecule has 3 nitrogen and oxygen atoms in total. The Morgan fingerprint density at radius 2 is 2.20 bits per heavy atom. The Morgan fingerprint density at radius 3 is 2.40 bits per heavy atom. The second-order valence-electron chi connectivity index (χ2n) is 1.62. The summed E-state index contributed by atoms with van der Waals surface area (Å²) in [7, 11) is 1.43. The van der Waals surface area contributed by atoms with Crippen LogP contribution in [0.3, 0.4) is 0 Å². The fourth-order valence-electron chi connectivity index (χ4n) is 0.489.